The summed E-state index contributed by atoms with van der Waals surface area (Å²) in [5, 5.41) is 0. The van der Waals surface area contributed by atoms with Gasteiger partial charge in [-0.2, -0.15) is 0 Å². The standard InChI is InChI=1S/C5H14O5P2S2/c1-3-5-14-12(8,13)10-11(6,7)9-4-2/h3-5H2,1-2H3,(H,6,7)(H,8,13). The predicted molar refractivity (Wildman–Crippen MR) is 61.8 cm³/mol. The molecule has 0 aliphatic heterocycles. The second-order valence-electron chi connectivity index (χ2n) is 2.27. The van der Waals surface area contributed by atoms with Crippen LogP contribution in [0.1, 0.15) is 20.3 Å². The van der Waals surface area contributed by atoms with Crippen molar-refractivity contribution >= 4 is 36.7 Å². The van der Waals surface area contributed by atoms with Crippen LogP contribution in [-0.2, 0) is 25.2 Å². The fraction of sp³-hybridized carbons (Fsp3) is 1.00. The van der Waals surface area contributed by atoms with E-state index in [4.69, 9.17) is 4.89 Å². The lowest BCUT2D eigenvalue weighted by Crippen LogP contribution is -1.92. The SMILES string of the molecule is CCCSP(O)(=S)OP(=O)(O)OCC. The third-order valence-corrected chi connectivity index (χ3v) is 7.78. The van der Waals surface area contributed by atoms with Crippen LogP contribution in [0.4, 0.5) is 0 Å². The summed E-state index contributed by atoms with van der Waals surface area (Å²) >= 11 is 5.64. The largest absolute Gasteiger partial charge is 0.478 e. The third kappa shape index (κ3) is 7.37. The molecule has 0 aliphatic rings. The molecule has 5 nitrogen and oxygen atoms in total. The number of hydrogen-bond acceptors (Lipinski definition) is 5. The highest BCUT2D eigenvalue weighted by Crippen LogP contribution is 2.67. The number of rotatable bonds is 7. The summed E-state index contributed by atoms with van der Waals surface area (Å²) in [7, 11) is -4.18. The highest BCUT2D eigenvalue weighted by atomic mass is 32.9. The summed E-state index contributed by atoms with van der Waals surface area (Å²) in [5.74, 6) is 0.583. The Morgan fingerprint density at radius 3 is 2.43 bits per heavy atom. The lowest BCUT2D eigenvalue weighted by molar-refractivity contribution is 0.215. The Hall–Kier alpha value is 1.07. The fourth-order valence-corrected chi connectivity index (χ4v) is 6.56. The van der Waals surface area contributed by atoms with Crippen LogP contribution >= 0.6 is 24.9 Å². The molecule has 0 fully saturated rings. The molecule has 0 saturated carbocycles. The smallest absolute Gasteiger partial charge is 0.337 e. The molecule has 0 radical (unpaired) electrons. The van der Waals surface area contributed by atoms with Gasteiger partial charge in [0.15, 0.2) is 0 Å². The van der Waals surface area contributed by atoms with Crippen LogP contribution in [0.3, 0.4) is 0 Å². The van der Waals surface area contributed by atoms with Gasteiger partial charge >= 0.3 is 7.82 Å². The van der Waals surface area contributed by atoms with Gasteiger partial charge in [-0.05, 0) is 25.2 Å². The first-order valence-electron chi connectivity index (χ1n) is 3.99. The molecular formula is C5H14O5P2S2. The molecular weight excluding hydrogens is 266 g/mol. The lowest BCUT2D eigenvalue weighted by Gasteiger charge is -2.17. The van der Waals surface area contributed by atoms with E-state index in [-0.39, 0.29) is 6.61 Å². The topological polar surface area (TPSA) is 76.0 Å². The summed E-state index contributed by atoms with van der Waals surface area (Å²) in [6.45, 7) is 3.48. The number of phosphoric ester groups is 1. The molecule has 0 aliphatic carbocycles. The van der Waals surface area contributed by atoms with Gasteiger partial charge in [-0.1, -0.05) is 18.3 Å². The van der Waals surface area contributed by atoms with Gasteiger partial charge in [0.05, 0.1) is 6.61 Å². The zero-order chi connectivity index (χ0) is 11.2. The molecule has 14 heavy (non-hydrogen) atoms. The van der Waals surface area contributed by atoms with Gasteiger partial charge in [0, 0.05) is 5.75 Å². The van der Waals surface area contributed by atoms with Crippen LogP contribution in [0.15, 0.2) is 0 Å². The molecule has 2 N–H and O–H groups in total. The van der Waals surface area contributed by atoms with Gasteiger partial charge in [0.2, 0.25) is 0 Å². The minimum Gasteiger partial charge on any atom is -0.337 e. The molecule has 2 atom stereocenters. The van der Waals surface area contributed by atoms with E-state index in [1.807, 2.05) is 6.92 Å². The Morgan fingerprint density at radius 1 is 1.43 bits per heavy atom. The van der Waals surface area contributed by atoms with Crippen LogP contribution in [0.25, 0.3) is 0 Å². The van der Waals surface area contributed by atoms with Gasteiger partial charge in [0.25, 0.3) is 5.69 Å². The van der Waals surface area contributed by atoms with Crippen LogP contribution < -0.4 is 0 Å². The van der Waals surface area contributed by atoms with E-state index in [0.717, 1.165) is 17.8 Å². The van der Waals surface area contributed by atoms with Gasteiger partial charge in [0.1, 0.15) is 0 Å². The third-order valence-electron chi connectivity index (χ3n) is 0.957. The van der Waals surface area contributed by atoms with Gasteiger partial charge < -0.3 is 9.79 Å². The van der Waals surface area contributed by atoms with Crippen molar-refractivity contribution in [3.05, 3.63) is 0 Å². The molecule has 0 bridgehead atoms. The van der Waals surface area contributed by atoms with E-state index < -0.39 is 13.5 Å². The van der Waals surface area contributed by atoms with Gasteiger partial charge in [-0.15, -0.1) is 0 Å². The molecule has 2 unspecified atom stereocenters. The Kier molecular flexibility index (Phi) is 7.11. The van der Waals surface area contributed by atoms with Crippen molar-refractivity contribution in [2.75, 3.05) is 12.4 Å². The van der Waals surface area contributed by atoms with Crippen LogP contribution in [0.5, 0.6) is 0 Å². The average Bonchev–Trinajstić information content (AvgIpc) is 1.98. The van der Waals surface area contributed by atoms with Crippen molar-refractivity contribution < 1.29 is 23.2 Å². The van der Waals surface area contributed by atoms with Gasteiger partial charge in [-0.25, -0.2) is 8.88 Å². The highest BCUT2D eigenvalue weighted by molar-refractivity contribution is 8.68. The molecule has 0 heterocycles. The first-order valence-corrected chi connectivity index (χ1v) is 9.75. The summed E-state index contributed by atoms with van der Waals surface area (Å²) in [5.41, 5.74) is -3.25. The molecule has 86 valence electrons. The maximum Gasteiger partial charge on any atom is 0.478 e. The quantitative estimate of drug-likeness (QED) is 0.694. The predicted octanol–water partition coefficient (Wildman–Crippen LogP) is 2.50. The zero-order valence-electron chi connectivity index (χ0n) is 7.95. The first-order chi connectivity index (χ1) is 6.33. The van der Waals surface area contributed by atoms with Crippen molar-refractivity contribution in [2.24, 2.45) is 0 Å². The number of hydrogen-bond donors (Lipinski definition) is 2. The Balaban J connectivity index is 4.20. The Morgan fingerprint density at radius 2 is 2.00 bits per heavy atom. The Labute approximate surface area is 92.7 Å². The number of phosphoric acid groups is 1. The lowest BCUT2D eigenvalue weighted by atomic mass is 10.6. The molecule has 9 heteroatoms. The minimum atomic E-state index is -4.18. The summed E-state index contributed by atoms with van der Waals surface area (Å²) in [4.78, 5) is 18.5. The average molecular weight is 280 g/mol. The summed E-state index contributed by atoms with van der Waals surface area (Å²) in [6.07, 6.45) is 0.803. The highest BCUT2D eigenvalue weighted by Gasteiger charge is 2.29. The normalized spacial score (nSPS) is 20.0. The summed E-state index contributed by atoms with van der Waals surface area (Å²) < 4.78 is 20.0. The van der Waals surface area contributed by atoms with E-state index in [2.05, 4.69) is 20.6 Å². The molecule has 0 amide bonds. The van der Waals surface area contributed by atoms with Crippen LogP contribution in [0.2, 0.25) is 0 Å². The minimum absolute atomic E-state index is 0.0293. The molecule has 0 aromatic heterocycles. The van der Waals surface area contributed by atoms with Crippen LogP contribution in [-0.4, -0.2) is 22.1 Å². The van der Waals surface area contributed by atoms with Gasteiger partial charge in [-0.3, -0.25) is 4.52 Å². The monoisotopic (exact) mass is 280 g/mol. The van der Waals surface area contributed by atoms with Crippen molar-refractivity contribution in [1.29, 1.82) is 0 Å². The van der Waals surface area contributed by atoms with E-state index >= 15 is 0 Å². The van der Waals surface area contributed by atoms with Crippen molar-refractivity contribution in [3.63, 3.8) is 0 Å². The van der Waals surface area contributed by atoms with Crippen LogP contribution in [0, 0.1) is 0 Å². The zero-order valence-corrected chi connectivity index (χ0v) is 11.4. The second-order valence-corrected chi connectivity index (χ2v) is 10.2. The maximum atomic E-state index is 11.1. The molecule has 0 spiro atoms. The van der Waals surface area contributed by atoms with Crippen molar-refractivity contribution in [3.8, 4) is 0 Å². The van der Waals surface area contributed by atoms with E-state index in [9.17, 15) is 9.46 Å². The van der Waals surface area contributed by atoms with E-state index in [1.165, 1.54) is 0 Å². The summed E-state index contributed by atoms with van der Waals surface area (Å²) in [6, 6.07) is 0. The molecule has 0 saturated heterocycles. The fourth-order valence-electron chi connectivity index (χ4n) is 0.547. The second kappa shape index (κ2) is 6.61. The maximum absolute atomic E-state index is 11.1. The Bertz CT molecular complexity index is 259. The molecule has 0 aromatic carbocycles. The molecule has 0 aromatic rings. The molecule has 0 rings (SSSR count). The van der Waals surface area contributed by atoms with E-state index in [1.54, 1.807) is 6.92 Å². The van der Waals surface area contributed by atoms with Crippen molar-refractivity contribution in [2.45, 2.75) is 20.3 Å². The first kappa shape index (κ1) is 15.1. The van der Waals surface area contributed by atoms with Crippen molar-refractivity contribution in [1.82, 2.24) is 0 Å². The van der Waals surface area contributed by atoms with E-state index in [0.29, 0.717) is 5.75 Å².